The summed E-state index contributed by atoms with van der Waals surface area (Å²) in [4.78, 5) is 0. The van der Waals surface area contributed by atoms with E-state index in [1.165, 1.54) is 0 Å². The van der Waals surface area contributed by atoms with Crippen molar-refractivity contribution in [2.75, 3.05) is 0 Å². The van der Waals surface area contributed by atoms with Crippen LogP contribution in [-0.4, -0.2) is 16.1 Å². The number of nitrogens with two attached hydrogens (primary N) is 1. The number of benzene rings is 1. The van der Waals surface area contributed by atoms with Gasteiger partial charge in [0.05, 0.1) is 0 Å². The largest absolute Gasteiger partial charge is 0.458 e. The van der Waals surface area contributed by atoms with Crippen LogP contribution < -0.4 is 5.73 Å². The van der Waals surface area contributed by atoms with Gasteiger partial charge in [-0.3, -0.25) is 0 Å². The normalized spacial score (nSPS) is 14.1. The molecule has 4 N–H and O–H groups in total. The van der Waals surface area contributed by atoms with Gasteiger partial charge in [0.2, 0.25) is 0 Å². The molecule has 0 saturated heterocycles. The van der Waals surface area contributed by atoms with Gasteiger partial charge in [0.25, 0.3) is 0 Å². The van der Waals surface area contributed by atoms with Crippen molar-refractivity contribution >= 4 is 28.4 Å². The standard InChI is InChI=1S/C11H11ClN2O3/c12-7-1-2-9-6(3-7)4-10(17-9)8(15)5-11(13)14-16/h1-4,8,15-16H,5H2,(H2,13,14)/t8-/m0/s1. The number of hydrogen-bond acceptors (Lipinski definition) is 4. The highest BCUT2D eigenvalue weighted by molar-refractivity contribution is 6.31. The predicted octanol–water partition coefficient (Wildman–Crippen LogP) is 2.26. The first kappa shape index (κ1) is 11.8. The van der Waals surface area contributed by atoms with Crippen molar-refractivity contribution in [1.82, 2.24) is 0 Å². The Morgan fingerprint density at radius 3 is 2.94 bits per heavy atom. The molecule has 90 valence electrons. The zero-order chi connectivity index (χ0) is 12.4. The number of halogens is 1. The van der Waals surface area contributed by atoms with Crippen LogP contribution in [0.25, 0.3) is 11.0 Å². The second-order valence-electron chi connectivity index (χ2n) is 3.64. The smallest absolute Gasteiger partial charge is 0.142 e. The van der Waals surface area contributed by atoms with Crippen LogP contribution in [-0.2, 0) is 0 Å². The van der Waals surface area contributed by atoms with E-state index in [0.29, 0.717) is 16.4 Å². The van der Waals surface area contributed by atoms with Crippen LogP contribution in [0.3, 0.4) is 0 Å². The van der Waals surface area contributed by atoms with Crippen molar-refractivity contribution in [1.29, 1.82) is 0 Å². The van der Waals surface area contributed by atoms with E-state index in [1.807, 2.05) is 0 Å². The van der Waals surface area contributed by atoms with E-state index in [-0.39, 0.29) is 12.3 Å². The molecule has 6 heteroatoms. The van der Waals surface area contributed by atoms with E-state index in [0.717, 1.165) is 5.39 Å². The second-order valence-corrected chi connectivity index (χ2v) is 4.08. The quantitative estimate of drug-likeness (QED) is 0.339. The number of nitrogens with zero attached hydrogens (tertiary/aromatic N) is 1. The summed E-state index contributed by atoms with van der Waals surface area (Å²) in [6, 6.07) is 6.83. The molecule has 0 saturated carbocycles. The fourth-order valence-corrected chi connectivity index (χ4v) is 1.72. The van der Waals surface area contributed by atoms with E-state index >= 15 is 0 Å². The van der Waals surface area contributed by atoms with Crippen molar-refractivity contribution in [2.45, 2.75) is 12.5 Å². The van der Waals surface area contributed by atoms with Gasteiger partial charge in [0.1, 0.15) is 23.3 Å². The Labute approximate surface area is 102 Å². The summed E-state index contributed by atoms with van der Waals surface area (Å²) in [6.07, 6.45) is -0.943. The molecular formula is C11H11ClN2O3. The predicted molar refractivity (Wildman–Crippen MR) is 64.2 cm³/mol. The molecule has 0 fully saturated rings. The Morgan fingerprint density at radius 1 is 1.47 bits per heavy atom. The van der Waals surface area contributed by atoms with Gasteiger partial charge < -0.3 is 20.5 Å². The first-order valence-electron chi connectivity index (χ1n) is 4.93. The topological polar surface area (TPSA) is 92.0 Å². The fraction of sp³-hybridized carbons (Fsp3) is 0.182. The van der Waals surface area contributed by atoms with Crippen LogP contribution in [0, 0.1) is 0 Å². The highest BCUT2D eigenvalue weighted by atomic mass is 35.5. The zero-order valence-corrected chi connectivity index (χ0v) is 9.55. The van der Waals surface area contributed by atoms with Gasteiger partial charge in [-0.2, -0.15) is 0 Å². The molecular weight excluding hydrogens is 244 g/mol. The molecule has 1 aromatic carbocycles. The highest BCUT2D eigenvalue weighted by Gasteiger charge is 2.15. The number of fused-ring (bicyclic) bond motifs is 1. The third kappa shape index (κ3) is 2.51. The molecule has 2 rings (SSSR count). The van der Waals surface area contributed by atoms with E-state index in [9.17, 15) is 5.11 Å². The highest BCUT2D eigenvalue weighted by Crippen LogP contribution is 2.27. The lowest BCUT2D eigenvalue weighted by Gasteiger charge is -2.04. The SMILES string of the molecule is N/C(C[C@H](O)c1cc2cc(Cl)ccc2o1)=N\O. The molecule has 5 nitrogen and oxygen atoms in total. The van der Waals surface area contributed by atoms with Gasteiger partial charge in [-0.1, -0.05) is 16.8 Å². The summed E-state index contributed by atoms with van der Waals surface area (Å²) in [5, 5.41) is 22.4. The van der Waals surface area contributed by atoms with Crippen LogP contribution in [0.4, 0.5) is 0 Å². The lowest BCUT2D eigenvalue weighted by molar-refractivity contribution is 0.158. The van der Waals surface area contributed by atoms with E-state index in [4.69, 9.17) is 27.0 Å². The Bertz CT molecular complexity index is 565. The van der Waals surface area contributed by atoms with E-state index in [2.05, 4.69) is 5.16 Å². The number of rotatable bonds is 3. The molecule has 1 heterocycles. The minimum atomic E-state index is -0.947. The average molecular weight is 255 g/mol. The maximum atomic E-state index is 9.79. The molecule has 1 aromatic heterocycles. The molecule has 0 radical (unpaired) electrons. The summed E-state index contributed by atoms with van der Waals surface area (Å²) in [5.41, 5.74) is 5.93. The van der Waals surface area contributed by atoms with Crippen molar-refractivity contribution in [3.05, 3.63) is 35.0 Å². The minimum Gasteiger partial charge on any atom is -0.458 e. The van der Waals surface area contributed by atoms with Crippen LogP contribution in [0.2, 0.25) is 5.02 Å². The summed E-state index contributed by atoms with van der Waals surface area (Å²) < 4.78 is 5.43. The maximum absolute atomic E-state index is 9.79. The van der Waals surface area contributed by atoms with Crippen LogP contribution in [0.5, 0.6) is 0 Å². The van der Waals surface area contributed by atoms with E-state index in [1.54, 1.807) is 24.3 Å². The molecule has 0 bridgehead atoms. The van der Waals surface area contributed by atoms with Crippen LogP contribution >= 0.6 is 11.6 Å². The molecule has 17 heavy (non-hydrogen) atoms. The summed E-state index contributed by atoms with van der Waals surface area (Å²) in [5.74, 6) is 0.296. The van der Waals surface area contributed by atoms with Gasteiger partial charge in [0.15, 0.2) is 0 Å². The fourth-order valence-electron chi connectivity index (χ4n) is 1.54. The van der Waals surface area contributed by atoms with Gasteiger partial charge >= 0.3 is 0 Å². The number of furan rings is 1. The van der Waals surface area contributed by atoms with Gasteiger partial charge in [-0.25, -0.2) is 0 Å². The molecule has 2 aromatic rings. The zero-order valence-electron chi connectivity index (χ0n) is 8.80. The number of aliphatic hydroxyl groups excluding tert-OH is 1. The van der Waals surface area contributed by atoms with E-state index < -0.39 is 6.10 Å². The third-order valence-corrected chi connectivity index (χ3v) is 2.59. The number of hydrogen-bond donors (Lipinski definition) is 3. The number of aliphatic hydroxyl groups is 1. The van der Waals surface area contributed by atoms with Crippen molar-refractivity contribution in [3.63, 3.8) is 0 Å². The number of oxime groups is 1. The Balaban J connectivity index is 2.30. The lowest BCUT2D eigenvalue weighted by atomic mass is 10.2. The van der Waals surface area contributed by atoms with Crippen molar-refractivity contribution < 1.29 is 14.7 Å². The third-order valence-electron chi connectivity index (χ3n) is 2.36. The lowest BCUT2D eigenvalue weighted by Crippen LogP contribution is -2.15. The Morgan fingerprint density at radius 2 is 2.24 bits per heavy atom. The maximum Gasteiger partial charge on any atom is 0.142 e. The van der Waals surface area contributed by atoms with Gasteiger partial charge in [-0.05, 0) is 24.3 Å². The molecule has 0 aliphatic carbocycles. The molecule has 0 aliphatic rings. The average Bonchev–Trinajstić information content (AvgIpc) is 2.71. The van der Waals surface area contributed by atoms with Gasteiger partial charge in [-0.15, -0.1) is 0 Å². The summed E-state index contributed by atoms with van der Waals surface area (Å²) in [7, 11) is 0. The van der Waals surface area contributed by atoms with Gasteiger partial charge in [0, 0.05) is 16.8 Å². The summed E-state index contributed by atoms with van der Waals surface area (Å²) in [6.45, 7) is 0. The first-order valence-corrected chi connectivity index (χ1v) is 5.31. The molecule has 0 spiro atoms. The molecule has 0 amide bonds. The van der Waals surface area contributed by atoms with Crippen molar-refractivity contribution in [2.24, 2.45) is 10.9 Å². The minimum absolute atomic E-state index is 0.00402. The van der Waals surface area contributed by atoms with Crippen LogP contribution in [0.15, 0.2) is 33.8 Å². The first-order chi connectivity index (χ1) is 8.10. The molecule has 0 unspecified atom stereocenters. The van der Waals surface area contributed by atoms with Crippen molar-refractivity contribution in [3.8, 4) is 0 Å². The molecule has 1 atom stereocenters. The summed E-state index contributed by atoms with van der Waals surface area (Å²) >= 11 is 5.84. The Kier molecular flexibility index (Phi) is 3.21. The Hall–Kier alpha value is -1.72. The van der Waals surface area contributed by atoms with Crippen LogP contribution in [0.1, 0.15) is 18.3 Å². The number of amidine groups is 1. The monoisotopic (exact) mass is 254 g/mol. The molecule has 0 aliphatic heterocycles. The second kappa shape index (κ2) is 4.65.